The lowest BCUT2D eigenvalue weighted by atomic mass is 10.1. The van der Waals surface area contributed by atoms with E-state index in [1.807, 2.05) is 0 Å². The summed E-state index contributed by atoms with van der Waals surface area (Å²) in [5.74, 6) is -1.35. The topological polar surface area (TPSA) is 127 Å². The van der Waals surface area contributed by atoms with E-state index in [-0.39, 0.29) is 18.7 Å². The molecule has 2 atom stereocenters. The zero-order valence-corrected chi connectivity index (χ0v) is 9.45. The van der Waals surface area contributed by atoms with Gasteiger partial charge in [0.2, 0.25) is 17.7 Å². The third kappa shape index (κ3) is 5.30. The van der Waals surface area contributed by atoms with E-state index in [1.54, 1.807) is 0 Å². The van der Waals surface area contributed by atoms with Gasteiger partial charge in [0.05, 0.1) is 6.04 Å². The molecule has 0 aliphatic carbocycles. The van der Waals surface area contributed by atoms with E-state index in [9.17, 15) is 14.4 Å². The average Bonchev–Trinajstić information content (AvgIpc) is 2.22. The van der Waals surface area contributed by atoms with Crippen LogP contribution in [0.4, 0.5) is 0 Å². The highest BCUT2D eigenvalue weighted by Crippen LogP contribution is 1.97. The summed E-state index contributed by atoms with van der Waals surface area (Å²) in [7, 11) is 1.44. The number of carbonyl (C=O) groups excluding carboxylic acids is 3. The van der Waals surface area contributed by atoms with Crippen LogP contribution >= 0.6 is 0 Å². The van der Waals surface area contributed by atoms with Crippen LogP contribution in [0.2, 0.25) is 0 Å². The maximum Gasteiger partial charge on any atom is 0.242 e. The van der Waals surface area contributed by atoms with Crippen LogP contribution in [-0.4, -0.2) is 36.9 Å². The molecule has 0 saturated carbocycles. The molecule has 7 nitrogen and oxygen atoms in total. The number of nitrogens with one attached hydrogen (secondary N) is 2. The van der Waals surface area contributed by atoms with Crippen molar-refractivity contribution in [1.29, 1.82) is 0 Å². The number of amides is 3. The molecule has 0 aromatic heterocycles. The lowest BCUT2D eigenvalue weighted by Crippen LogP contribution is -2.50. The fourth-order valence-electron chi connectivity index (χ4n) is 1.03. The van der Waals surface area contributed by atoms with Crippen LogP contribution in [0.1, 0.15) is 19.8 Å². The Bertz CT molecular complexity index is 278. The zero-order valence-electron chi connectivity index (χ0n) is 9.45. The Morgan fingerprint density at radius 3 is 2.19 bits per heavy atom. The first-order valence-corrected chi connectivity index (χ1v) is 4.94. The summed E-state index contributed by atoms with van der Waals surface area (Å²) in [6.45, 7) is 1.50. The molecule has 0 aliphatic rings. The third-order valence-corrected chi connectivity index (χ3v) is 1.97. The Kier molecular flexibility index (Phi) is 6.09. The molecule has 7 heteroatoms. The Morgan fingerprint density at radius 2 is 1.81 bits per heavy atom. The fourth-order valence-corrected chi connectivity index (χ4v) is 1.03. The lowest BCUT2D eigenvalue weighted by Gasteiger charge is -2.17. The van der Waals surface area contributed by atoms with Crippen molar-refractivity contribution in [2.24, 2.45) is 11.5 Å². The van der Waals surface area contributed by atoms with Crippen molar-refractivity contribution in [2.75, 3.05) is 7.05 Å². The predicted octanol–water partition coefficient (Wildman–Crippen LogP) is -2.17. The quantitative estimate of drug-likeness (QED) is 0.414. The molecule has 16 heavy (non-hydrogen) atoms. The first-order valence-electron chi connectivity index (χ1n) is 4.94. The van der Waals surface area contributed by atoms with Crippen molar-refractivity contribution in [1.82, 2.24) is 10.6 Å². The van der Waals surface area contributed by atoms with E-state index in [2.05, 4.69) is 10.6 Å². The highest BCUT2D eigenvalue weighted by Gasteiger charge is 2.21. The minimum atomic E-state index is -0.781. The second-order valence-electron chi connectivity index (χ2n) is 3.47. The second kappa shape index (κ2) is 6.78. The maximum absolute atomic E-state index is 11.4. The summed E-state index contributed by atoms with van der Waals surface area (Å²) in [6.07, 6.45) is 0.185. The molecule has 0 aromatic rings. The number of likely N-dealkylation sites (N-methyl/N-ethyl adjacent to an activating group) is 1. The van der Waals surface area contributed by atoms with Gasteiger partial charge in [-0.05, 0) is 13.3 Å². The van der Waals surface area contributed by atoms with Crippen molar-refractivity contribution < 1.29 is 14.4 Å². The maximum atomic E-state index is 11.4. The van der Waals surface area contributed by atoms with E-state index in [0.717, 1.165) is 0 Å². The average molecular weight is 230 g/mol. The Hall–Kier alpha value is -1.63. The van der Waals surface area contributed by atoms with Crippen molar-refractivity contribution >= 4 is 17.7 Å². The molecule has 0 spiro atoms. The van der Waals surface area contributed by atoms with Crippen LogP contribution < -0.4 is 22.1 Å². The van der Waals surface area contributed by atoms with Crippen LogP contribution in [0.15, 0.2) is 0 Å². The summed E-state index contributed by atoms with van der Waals surface area (Å²) in [4.78, 5) is 33.2. The smallest absolute Gasteiger partial charge is 0.242 e. The van der Waals surface area contributed by atoms with Gasteiger partial charge < -0.3 is 22.1 Å². The molecular weight excluding hydrogens is 212 g/mol. The van der Waals surface area contributed by atoms with Crippen molar-refractivity contribution in [3.8, 4) is 0 Å². The van der Waals surface area contributed by atoms with Gasteiger partial charge in [-0.1, -0.05) is 0 Å². The second-order valence-corrected chi connectivity index (χ2v) is 3.47. The van der Waals surface area contributed by atoms with Crippen LogP contribution in [-0.2, 0) is 14.4 Å². The van der Waals surface area contributed by atoms with Crippen LogP contribution in [0.25, 0.3) is 0 Å². The molecule has 92 valence electrons. The van der Waals surface area contributed by atoms with E-state index in [1.165, 1.54) is 14.0 Å². The molecule has 6 N–H and O–H groups in total. The Morgan fingerprint density at radius 1 is 1.25 bits per heavy atom. The standard InChI is InChI=1S/C9H18N4O3/c1-5(10)8(15)13-6(9(16)12-2)3-4-7(11)14/h5-6H,3-4,10H2,1-2H3,(H2,11,14)(H,12,16)(H,13,15). The number of primary amides is 1. The van der Waals surface area contributed by atoms with Crippen molar-refractivity contribution in [3.05, 3.63) is 0 Å². The molecule has 0 rings (SSSR count). The van der Waals surface area contributed by atoms with Crippen molar-refractivity contribution in [2.45, 2.75) is 31.8 Å². The molecule has 0 aromatic carbocycles. The van der Waals surface area contributed by atoms with Crippen LogP contribution in [0.3, 0.4) is 0 Å². The molecule has 0 fully saturated rings. The Balaban J connectivity index is 4.37. The number of nitrogens with two attached hydrogens (primary N) is 2. The summed E-state index contributed by atoms with van der Waals surface area (Å²) < 4.78 is 0. The van der Waals surface area contributed by atoms with Gasteiger partial charge in [-0.25, -0.2) is 0 Å². The molecule has 3 amide bonds. The molecule has 2 unspecified atom stereocenters. The highest BCUT2D eigenvalue weighted by atomic mass is 16.2. The number of hydrogen-bond donors (Lipinski definition) is 4. The fraction of sp³-hybridized carbons (Fsp3) is 0.667. The van der Waals surface area contributed by atoms with Gasteiger partial charge in [-0.3, -0.25) is 14.4 Å². The highest BCUT2D eigenvalue weighted by molar-refractivity contribution is 5.89. The summed E-state index contributed by atoms with van der Waals surface area (Å²) >= 11 is 0. The minimum Gasteiger partial charge on any atom is -0.370 e. The van der Waals surface area contributed by atoms with Gasteiger partial charge in [0.1, 0.15) is 6.04 Å². The zero-order chi connectivity index (χ0) is 12.7. The Labute approximate surface area is 93.9 Å². The summed E-state index contributed by atoms with van der Waals surface area (Å²) in [6, 6.07) is -1.49. The van der Waals surface area contributed by atoms with Crippen LogP contribution in [0, 0.1) is 0 Å². The summed E-state index contributed by atoms with van der Waals surface area (Å²) in [5, 5.41) is 4.83. The molecule has 0 radical (unpaired) electrons. The molecule has 0 bridgehead atoms. The SMILES string of the molecule is CNC(=O)C(CCC(N)=O)NC(=O)C(C)N. The number of hydrogen-bond acceptors (Lipinski definition) is 4. The van der Waals surface area contributed by atoms with Gasteiger partial charge in [0.25, 0.3) is 0 Å². The van der Waals surface area contributed by atoms with E-state index in [4.69, 9.17) is 11.5 Å². The third-order valence-electron chi connectivity index (χ3n) is 1.97. The van der Waals surface area contributed by atoms with Gasteiger partial charge >= 0.3 is 0 Å². The van der Waals surface area contributed by atoms with Crippen LogP contribution in [0.5, 0.6) is 0 Å². The number of carbonyl (C=O) groups is 3. The van der Waals surface area contributed by atoms with Gasteiger partial charge in [0.15, 0.2) is 0 Å². The first kappa shape index (κ1) is 14.4. The lowest BCUT2D eigenvalue weighted by molar-refractivity contribution is -0.129. The molecular formula is C9H18N4O3. The normalized spacial score (nSPS) is 13.7. The molecule has 0 saturated heterocycles. The van der Waals surface area contributed by atoms with Crippen molar-refractivity contribution in [3.63, 3.8) is 0 Å². The first-order chi connectivity index (χ1) is 7.38. The van der Waals surface area contributed by atoms with Gasteiger partial charge in [-0.2, -0.15) is 0 Å². The van der Waals surface area contributed by atoms with Gasteiger partial charge in [0, 0.05) is 13.5 Å². The van der Waals surface area contributed by atoms with Gasteiger partial charge in [-0.15, -0.1) is 0 Å². The monoisotopic (exact) mass is 230 g/mol. The van der Waals surface area contributed by atoms with E-state index < -0.39 is 23.9 Å². The molecule has 0 heterocycles. The number of rotatable bonds is 6. The molecule has 0 aliphatic heterocycles. The largest absolute Gasteiger partial charge is 0.370 e. The minimum absolute atomic E-state index is 0.0251. The van der Waals surface area contributed by atoms with E-state index in [0.29, 0.717) is 0 Å². The predicted molar refractivity (Wildman–Crippen MR) is 58.1 cm³/mol. The summed E-state index contributed by atoms with van der Waals surface area (Å²) in [5.41, 5.74) is 10.3. The van der Waals surface area contributed by atoms with E-state index >= 15 is 0 Å².